The molecule has 0 aromatic heterocycles. The van der Waals surface area contributed by atoms with Crippen LogP contribution in [0.15, 0.2) is 22.7 Å². The van der Waals surface area contributed by atoms with Crippen molar-refractivity contribution in [1.82, 2.24) is 5.32 Å². The highest BCUT2D eigenvalue weighted by Gasteiger charge is 2.25. The zero-order valence-corrected chi connectivity index (χ0v) is 12.8. The van der Waals surface area contributed by atoms with Gasteiger partial charge in [0.25, 0.3) is 5.91 Å². The van der Waals surface area contributed by atoms with Crippen LogP contribution < -0.4 is 5.32 Å². The first-order valence-corrected chi connectivity index (χ1v) is 6.96. The number of carboxylic acid groups (broad SMARTS) is 1. The van der Waals surface area contributed by atoms with Crippen molar-refractivity contribution in [3.8, 4) is 0 Å². The fourth-order valence-electron chi connectivity index (χ4n) is 1.69. The summed E-state index contributed by atoms with van der Waals surface area (Å²) in [6.45, 7) is 5.59. The topological polar surface area (TPSA) is 66.4 Å². The van der Waals surface area contributed by atoms with Crippen molar-refractivity contribution in [2.24, 2.45) is 5.92 Å². The summed E-state index contributed by atoms with van der Waals surface area (Å²) in [6.07, 6.45) is 0.691. The molecule has 0 aliphatic heterocycles. The molecule has 0 aliphatic rings. The first-order valence-electron chi connectivity index (χ1n) is 6.16. The minimum atomic E-state index is -1.00. The first-order chi connectivity index (χ1) is 8.86. The van der Waals surface area contributed by atoms with E-state index >= 15 is 0 Å². The second kappa shape index (κ2) is 6.70. The smallest absolute Gasteiger partial charge is 0.326 e. The van der Waals surface area contributed by atoms with E-state index in [4.69, 9.17) is 5.11 Å². The van der Waals surface area contributed by atoms with Crippen LogP contribution in [0.5, 0.6) is 0 Å². The second-order valence-electron chi connectivity index (χ2n) is 4.64. The predicted octanol–water partition coefficient (Wildman–Crippen LogP) is 2.99. The Labute approximate surface area is 121 Å². The van der Waals surface area contributed by atoms with Gasteiger partial charge in [-0.3, -0.25) is 4.79 Å². The number of carbonyl (C=O) groups excluding carboxylic acids is 1. The van der Waals surface area contributed by atoms with Crippen LogP contribution in [0.25, 0.3) is 0 Å². The summed E-state index contributed by atoms with van der Waals surface area (Å²) in [5.41, 5.74) is 1.40. The molecule has 0 spiro atoms. The van der Waals surface area contributed by atoms with Gasteiger partial charge in [0.05, 0.1) is 0 Å². The van der Waals surface area contributed by atoms with E-state index in [1.165, 1.54) is 0 Å². The summed E-state index contributed by atoms with van der Waals surface area (Å²) in [4.78, 5) is 23.2. The summed E-state index contributed by atoms with van der Waals surface area (Å²) in [7, 11) is 0. The van der Waals surface area contributed by atoms with Gasteiger partial charge in [0.2, 0.25) is 0 Å². The number of rotatable bonds is 5. The standard InChI is InChI=1S/C14H18BrNO3/c1-4-8(2)12(14(18)19)16-13(17)10-5-6-11(15)9(3)7-10/h5-8,12H,4H2,1-3H3,(H,16,17)(H,18,19). The summed E-state index contributed by atoms with van der Waals surface area (Å²) < 4.78 is 0.917. The lowest BCUT2D eigenvalue weighted by Gasteiger charge is -2.20. The number of halogens is 1. The molecule has 4 nitrogen and oxygen atoms in total. The average Bonchev–Trinajstić information content (AvgIpc) is 2.37. The number of aryl methyl sites for hydroxylation is 1. The van der Waals surface area contributed by atoms with Gasteiger partial charge in [-0.15, -0.1) is 0 Å². The van der Waals surface area contributed by atoms with Gasteiger partial charge in [-0.05, 0) is 36.6 Å². The molecular formula is C14H18BrNO3. The Balaban J connectivity index is 2.87. The minimum absolute atomic E-state index is 0.113. The van der Waals surface area contributed by atoms with Gasteiger partial charge < -0.3 is 10.4 Å². The number of carboxylic acids is 1. The van der Waals surface area contributed by atoms with Crippen molar-refractivity contribution in [3.63, 3.8) is 0 Å². The minimum Gasteiger partial charge on any atom is -0.480 e. The third kappa shape index (κ3) is 4.06. The van der Waals surface area contributed by atoms with E-state index in [1.54, 1.807) is 18.2 Å². The zero-order chi connectivity index (χ0) is 14.6. The highest BCUT2D eigenvalue weighted by atomic mass is 79.9. The van der Waals surface area contributed by atoms with Crippen molar-refractivity contribution in [3.05, 3.63) is 33.8 Å². The summed E-state index contributed by atoms with van der Waals surface area (Å²) in [5.74, 6) is -1.47. The SMILES string of the molecule is CCC(C)C(NC(=O)c1ccc(Br)c(C)c1)C(=O)O. The lowest BCUT2D eigenvalue weighted by molar-refractivity contribution is -0.140. The van der Waals surface area contributed by atoms with Gasteiger partial charge in [-0.1, -0.05) is 36.2 Å². The van der Waals surface area contributed by atoms with Crippen molar-refractivity contribution in [2.45, 2.75) is 33.2 Å². The van der Waals surface area contributed by atoms with E-state index in [-0.39, 0.29) is 11.8 Å². The monoisotopic (exact) mass is 327 g/mol. The van der Waals surface area contributed by atoms with Crippen molar-refractivity contribution in [2.75, 3.05) is 0 Å². The van der Waals surface area contributed by atoms with Crippen LogP contribution in [0.4, 0.5) is 0 Å². The molecule has 2 N–H and O–H groups in total. The molecule has 0 fully saturated rings. The maximum atomic E-state index is 12.1. The molecule has 5 heteroatoms. The van der Waals surface area contributed by atoms with Crippen LogP contribution >= 0.6 is 15.9 Å². The molecule has 0 saturated heterocycles. The zero-order valence-electron chi connectivity index (χ0n) is 11.2. The summed E-state index contributed by atoms with van der Waals surface area (Å²) in [6, 6.07) is 4.32. The molecule has 2 atom stereocenters. The van der Waals surface area contributed by atoms with Gasteiger partial charge in [0, 0.05) is 10.0 Å². The molecule has 0 bridgehead atoms. The summed E-state index contributed by atoms with van der Waals surface area (Å²) >= 11 is 3.36. The van der Waals surface area contributed by atoms with Gasteiger partial charge in [-0.25, -0.2) is 4.79 Å². The van der Waals surface area contributed by atoms with Gasteiger partial charge in [0.15, 0.2) is 0 Å². The van der Waals surface area contributed by atoms with Gasteiger partial charge in [0.1, 0.15) is 6.04 Å². The largest absolute Gasteiger partial charge is 0.480 e. The lowest BCUT2D eigenvalue weighted by atomic mass is 9.99. The number of nitrogens with one attached hydrogen (secondary N) is 1. The molecule has 0 radical (unpaired) electrons. The van der Waals surface area contributed by atoms with Crippen molar-refractivity contribution < 1.29 is 14.7 Å². The van der Waals surface area contributed by atoms with E-state index < -0.39 is 12.0 Å². The van der Waals surface area contributed by atoms with Gasteiger partial charge in [-0.2, -0.15) is 0 Å². The van der Waals surface area contributed by atoms with E-state index in [9.17, 15) is 9.59 Å². The molecular weight excluding hydrogens is 310 g/mol. The number of hydrogen-bond acceptors (Lipinski definition) is 2. The van der Waals surface area contributed by atoms with E-state index in [0.29, 0.717) is 12.0 Å². The lowest BCUT2D eigenvalue weighted by Crippen LogP contribution is -2.45. The van der Waals surface area contributed by atoms with Crippen LogP contribution in [0.3, 0.4) is 0 Å². The normalized spacial score (nSPS) is 13.7. The van der Waals surface area contributed by atoms with E-state index in [2.05, 4.69) is 21.2 Å². The van der Waals surface area contributed by atoms with Crippen LogP contribution in [0, 0.1) is 12.8 Å². The predicted molar refractivity (Wildman–Crippen MR) is 77.2 cm³/mol. The van der Waals surface area contributed by atoms with Crippen molar-refractivity contribution in [1.29, 1.82) is 0 Å². The molecule has 0 saturated carbocycles. The Kier molecular flexibility index (Phi) is 5.54. The highest BCUT2D eigenvalue weighted by Crippen LogP contribution is 2.17. The number of benzene rings is 1. The fraction of sp³-hybridized carbons (Fsp3) is 0.429. The molecule has 1 aromatic rings. The Morgan fingerprint density at radius 3 is 2.53 bits per heavy atom. The quantitative estimate of drug-likeness (QED) is 0.873. The van der Waals surface area contributed by atoms with E-state index in [0.717, 1.165) is 10.0 Å². The molecule has 19 heavy (non-hydrogen) atoms. The molecule has 2 unspecified atom stereocenters. The molecule has 1 aromatic carbocycles. The molecule has 104 valence electrons. The molecule has 0 aliphatic carbocycles. The molecule has 1 rings (SSSR count). The third-order valence-electron chi connectivity index (χ3n) is 3.19. The summed E-state index contributed by atoms with van der Waals surface area (Å²) in [5, 5.41) is 11.7. The van der Waals surface area contributed by atoms with Crippen LogP contribution in [0.2, 0.25) is 0 Å². The number of amides is 1. The Morgan fingerprint density at radius 2 is 2.05 bits per heavy atom. The third-order valence-corrected chi connectivity index (χ3v) is 4.08. The Morgan fingerprint density at radius 1 is 1.42 bits per heavy atom. The van der Waals surface area contributed by atoms with Crippen LogP contribution in [-0.4, -0.2) is 23.0 Å². The van der Waals surface area contributed by atoms with Crippen LogP contribution in [0.1, 0.15) is 36.2 Å². The first kappa shape index (κ1) is 15.7. The second-order valence-corrected chi connectivity index (χ2v) is 5.49. The Bertz CT molecular complexity index is 488. The van der Waals surface area contributed by atoms with Crippen molar-refractivity contribution >= 4 is 27.8 Å². The molecule has 1 amide bonds. The number of aliphatic carboxylic acids is 1. The molecule has 0 heterocycles. The van der Waals surface area contributed by atoms with Gasteiger partial charge >= 0.3 is 5.97 Å². The highest BCUT2D eigenvalue weighted by molar-refractivity contribution is 9.10. The maximum absolute atomic E-state index is 12.1. The average molecular weight is 328 g/mol. The maximum Gasteiger partial charge on any atom is 0.326 e. The number of hydrogen-bond donors (Lipinski definition) is 2. The number of carbonyl (C=O) groups is 2. The van der Waals surface area contributed by atoms with Crippen LogP contribution in [-0.2, 0) is 4.79 Å². The fourth-order valence-corrected chi connectivity index (χ4v) is 1.94. The van der Waals surface area contributed by atoms with E-state index in [1.807, 2.05) is 20.8 Å². The Hall–Kier alpha value is -1.36.